The molecule has 9 nitrogen and oxygen atoms in total. The lowest BCUT2D eigenvalue weighted by Crippen LogP contribution is -2.42. The number of rotatable bonds is 5. The van der Waals surface area contributed by atoms with E-state index >= 15 is 0 Å². The molecule has 1 aromatic heterocycles. The second kappa shape index (κ2) is 8.89. The largest absolute Gasteiger partial charge is 0.496 e. The molecule has 1 saturated heterocycles. The fourth-order valence-corrected chi connectivity index (χ4v) is 3.59. The zero-order valence-corrected chi connectivity index (χ0v) is 16.7. The molecule has 1 fully saturated rings. The molecule has 1 aliphatic heterocycles. The summed E-state index contributed by atoms with van der Waals surface area (Å²) in [6, 6.07) is 3.16. The Kier molecular flexibility index (Phi) is 6.32. The molecule has 0 atom stereocenters. The van der Waals surface area contributed by atoms with Gasteiger partial charge in [-0.3, -0.25) is 20.4 Å². The Balaban J connectivity index is 1.63. The van der Waals surface area contributed by atoms with Crippen LogP contribution in [0.25, 0.3) is 0 Å². The minimum atomic E-state index is -0.492. The summed E-state index contributed by atoms with van der Waals surface area (Å²) in [4.78, 5) is 31.1. The van der Waals surface area contributed by atoms with Gasteiger partial charge in [0.2, 0.25) is 0 Å². The number of nitrogens with one attached hydrogen (secondary N) is 2. The normalized spacial score (nSPS) is 13.8. The summed E-state index contributed by atoms with van der Waals surface area (Å²) >= 11 is 1.38. The number of aromatic nitrogens is 1. The van der Waals surface area contributed by atoms with E-state index in [0.29, 0.717) is 30.3 Å². The number of anilines is 1. The summed E-state index contributed by atoms with van der Waals surface area (Å²) in [6.45, 7) is 4.58. The van der Waals surface area contributed by atoms with Crippen LogP contribution in [-0.4, -0.2) is 57.3 Å². The second-order valence-corrected chi connectivity index (χ2v) is 6.87. The van der Waals surface area contributed by atoms with Crippen molar-refractivity contribution in [3.63, 3.8) is 0 Å². The van der Waals surface area contributed by atoms with Gasteiger partial charge in [-0.25, -0.2) is 4.98 Å². The van der Waals surface area contributed by atoms with Gasteiger partial charge in [0.05, 0.1) is 27.4 Å². The van der Waals surface area contributed by atoms with E-state index in [9.17, 15) is 9.59 Å². The summed E-state index contributed by atoms with van der Waals surface area (Å²) in [5, 5.41) is 2.41. The van der Waals surface area contributed by atoms with Crippen molar-refractivity contribution in [1.29, 1.82) is 0 Å². The fraction of sp³-hybridized carbons (Fsp3) is 0.389. The van der Waals surface area contributed by atoms with Gasteiger partial charge in [-0.15, -0.1) is 11.3 Å². The zero-order valence-electron chi connectivity index (χ0n) is 15.9. The first-order chi connectivity index (χ1) is 13.5. The van der Waals surface area contributed by atoms with E-state index in [4.69, 9.17) is 14.2 Å². The smallest absolute Gasteiger partial charge is 0.289 e. The van der Waals surface area contributed by atoms with Crippen molar-refractivity contribution in [1.82, 2.24) is 15.8 Å². The molecule has 1 aromatic carbocycles. The molecule has 2 heterocycles. The van der Waals surface area contributed by atoms with E-state index in [1.165, 1.54) is 25.6 Å². The molecule has 1 aliphatic rings. The van der Waals surface area contributed by atoms with E-state index in [2.05, 4.69) is 20.7 Å². The molecule has 150 valence electrons. The van der Waals surface area contributed by atoms with Crippen molar-refractivity contribution < 1.29 is 23.8 Å². The van der Waals surface area contributed by atoms with Crippen LogP contribution in [-0.2, 0) is 4.74 Å². The summed E-state index contributed by atoms with van der Waals surface area (Å²) in [7, 11) is 3.03. The number of hydrazine groups is 1. The van der Waals surface area contributed by atoms with E-state index in [1.54, 1.807) is 17.5 Å². The number of benzene rings is 1. The highest BCUT2D eigenvalue weighted by Gasteiger charge is 2.19. The lowest BCUT2D eigenvalue weighted by molar-refractivity contribution is 0.0844. The highest BCUT2D eigenvalue weighted by atomic mass is 32.1. The number of hydrogen-bond acceptors (Lipinski definition) is 8. The standard InChI is InChI=1S/C18H22N4O5S/c1-11-14(25-2)8-12(9-15(11)26-3)16(23)20-21-17(24)13-10-28-18(19-13)22-4-6-27-7-5-22/h8-10H,4-7H2,1-3H3,(H,20,23)(H,21,24). The van der Waals surface area contributed by atoms with Gasteiger partial charge in [0.25, 0.3) is 11.8 Å². The number of carbonyl (C=O) groups excluding carboxylic acids is 2. The number of amides is 2. The molecule has 2 N–H and O–H groups in total. The van der Waals surface area contributed by atoms with Gasteiger partial charge in [-0.05, 0) is 19.1 Å². The highest BCUT2D eigenvalue weighted by molar-refractivity contribution is 7.13. The van der Waals surface area contributed by atoms with Crippen LogP contribution in [0.3, 0.4) is 0 Å². The SMILES string of the molecule is COc1cc(C(=O)NNC(=O)c2csc(N3CCOCC3)n2)cc(OC)c1C. The molecular weight excluding hydrogens is 384 g/mol. The number of morpholine rings is 1. The molecular formula is C18H22N4O5S. The minimum absolute atomic E-state index is 0.242. The van der Waals surface area contributed by atoms with Gasteiger partial charge in [0.15, 0.2) is 5.13 Å². The van der Waals surface area contributed by atoms with Crippen LogP contribution in [0.1, 0.15) is 26.4 Å². The third-order valence-corrected chi connectivity index (χ3v) is 5.21. The molecule has 0 spiro atoms. The predicted molar refractivity (Wildman–Crippen MR) is 104 cm³/mol. The lowest BCUT2D eigenvalue weighted by atomic mass is 10.1. The molecule has 3 rings (SSSR count). The number of carbonyl (C=O) groups is 2. The summed E-state index contributed by atoms with van der Waals surface area (Å²) in [6.07, 6.45) is 0. The number of hydrogen-bond donors (Lipinski definition) is 2. The number of methoxy groups -OCH3 is 2. The number of ether oxygens (including phenoxy) is 3. The number of thiazole rings is 1. The fourth-order valence-electron chi connectivity index (χ4n) is 2.74. The lowest BCUT2D eigenvalue weighted by Gasteiger charge is -2.25. The van der Waals surface area contributed by atoms with Gasteiger partial charge in [-0.1, -0.05) is 0 Å². The Morgan fingerprint density at radius 3 is 2.32 bits per heavy atom. The van der Waals surface area contributed by atoms with E-state index in [0.717, 1.165) is 23.8 Å². The molecule has 0 unspecified atom stereocenters. The van der Waals surface area contributed by atoms with Gasteiger partial charge in [0.1, 0.15) is 17.2 Å². The molecule has 0 radical (unpaired) electrons. The monoisotopic (exact) mass is 406 g/mol. The Bertz CT molecular complexity index is 838. The molecule has 10 heteroatoms. The Morgan fingerprint density at radius 2 is 1.71 bits per heavy atom. The van der Waals surface area contributed by atoms with Crippen molar-refractivity contribution in [3.8, 4) is 11.5 Å². The van der Waals surface area contributed by atoms with Crippen LogP contribution in [0.15, 0.2) is 17.5 Å². The van der Waals surface area contributed by atoms with Crippen LogP contribution >= 0.6 is 11.3 Å². The number of nitrogens with zero attached hydrogens (tertiary/aromatic N) is 2. The first-order valence-electron chi connectivity index (χ1n) is 8.65. The average molecular weight is 406 g/mol. The van der Waals surface area contributed by atoms with Crippen molar-refractivity contribution >= 4 is 28.3 Å². The van der Waals surface area contributed by atoms with Gasteiger partial charge >= 0.3 is 0 Å². The maximum atomic E-state index is 12.4. The van der Waals surface area contributed by atoms with Crippen LogP contribution < -0.4 is 25.2 Å². The molecule has 0 aliphatic carbocycles. The zero-order chi connectivity index (χ0) is 20.1. The molecule has 2 amide bonds. The molecule has 2 aromatic rings. The summed E-state index contributed by atoms with van der Waals surface area (Å²) in [5.74, 6) is 0.0553. The van der Waals surface area contributed by atoms with Crippen LogP contribution in [0.2, 0.25) is 0 Å². The maximum absolute atomic E-state index is 12.4. The molecule has 28 heavy (non-hydrogen) atoms. The van der Waals surface area contributed by atoms with Crippen LogP contribution in [0, 0.1) is 6.92 Å². The maximum Gasteiger partial charge on any atom is 0.289 e. The van der Waals surface area contributed by atoms with E-state index in [1.807, 2.05) is 6.92 Å². The topological polar surface area (TPSA) is 102 Å². The van der Waals surface area contributed by atoms with Crippen molar-refractivity contribution in [2.45, 2.75) is 6.92 Å². The Labute approximate surface area is 166 Å². The van der Waals surface area contributed by atoms with Crippen molar-refractivity contribution in [2.24, 2.45) is 0 Å². The Hall–Kier alpha value is -2.85. The van der Waals surface area contributed by atoms with Crippen LogP contribution in [0.4, 0.5) is 5.13 Å². The quantitative estimate of drug-likeness (QED) is 0.723. The van der Waals surface area contributed by atoms with E-state index in [-0.39, 0.29) is 5.69 Å². The van der Waals surface area contributed by atoms with Gasteiger partial charge in [-0.2, -0.15) is 0 Å². The summed E-state index contributed by atoms with van der Waals surface area (Å²) in [5.41, 5.74) is 6.09. The first kappa shape index (κ1) is 19.9. The third-order valence-electron chi connectivity index (χ3n) is 4.31. The average Bonchev–Trinajstić information content (AvgIpc) is 3.23. The molecule has 0 bridgehead atoms. The van der Waals surface area contributed by atoms with E-state index < -0.39 is 11.8 Å². The van der Waals surface area contributed by atoms with Crippen molar-refractivity contribution in [2.75, 3.05) is 45.4 Å². The first-order valence-corrected chi connectivity index (χ1v) is 9.53. The molecule has 0 saturated carbocycles. The Morgan fingerprint density at radius 1 is 1.11 bits per heavy atom. The predicted octanol–water partition coefficient (Wildman–Crippen LogP) is 1.38. The third kappa shape index (κ3) is 4.34. The summed E-state index contributed by atoms with van der Waals surface area (Å²) < 4.78 is 15.8. The van der Waals surface area contributed by atoms with Crippen LogP contribution in [0.5, 0.6) is 11.5 Å². The second-order valence-electron chi connectivity index (χ2n) is 6.03. The highest BCUT2D eigenvalue weighted by Crippen LogP contribution is 2.29. The van der Waals surface area contributed by atoms with Gasteiger partial charge in [0, 0.05) is 29.6 Å². The van der Waals surface area contributed by atoms with Gasteiger partial charge < -0.3 is 19.1 Å². The van der Waals surface area contributed by atoms with Crippen molar-refractivity contribution in [3.05, 3.63) is 34.3 Å². The minimum Gasteiger partial charge on any atom is -0.496 e.